The van der Waals surface area contributed by atoms with Crippen molar-refractivity contribution in [2.24, 2.45) is 0 Å². The van der Waals surface area contributed by atoms with E-state index in [0.717, 1.165) is 46.6 Å². The topological polar surface area (TPSA) is 79.6 Å². The number of nitrogens with zero attached hydrogens (tertiary/aromatic N) is 4. The summed E-state index contributed by atoms with van der Waals surface area (Å²) >= 11 is 0. The Morgan fingerprint density at radius 1 is 1.03 bits per heavy atom. The molecule has 5 rings (SSSR count). The Morgan fingerprint density at radius 3 is 2.38 bits per heavy atom. The van der Waals surface area contributed by atoms with Gasteiger partial charge in [0.05, 0.1) is 11.7 Å². The minimum Gasteiger partial charge on any atom is -0.355 e. The number of hydrogen-bond donors (Lipinski definition) is 1. The zero-order chi connectivity index (χ0) is 23.8. The molecule has 4 aromatic rings. The maximum atomic E-state index is 11.9. The van der Waals surface area contributed by atoms with Crippen LogP contribution in [0.2, 0.25) is 0 Å². The molecule has 1 aliphatic rings. The molecule has 1 amide bonds. The first-order valence-corrected chi connectivity index (χ1v) is 11.2. The van der Waals surface area contributed by atoms with Crippen molar-refractivity contribution in [1.29, 1.82) is 0 Å². The highest BCUT2D eigenvalue weighted by atomic mass is 16.1. The number of carbonyl (C=O) groups is 2. The van der Waals surface area contributed by atoms with Crippen molar-refractivity contribution >= 4 is 28.7 Å². The monoisotopic (exact) mass is 451 g/mol. The molecule has 170 valence electrons. The molecule has 0 aliphatic heterocycles. The highest BCUT2D eigenvalue weighted by molar-refractivity contribution is 5.95. The molecule has 7 heteroatoms. The Labute approximate surface area is 197 Å². The zero-order valence-corrected chi connectivity index (χ0v) is 19.2. The minimum atomic E-state index is -0.116. The number of carbonyl (C=O) groups excluding carboxylic acids is 2. The van der Waals surface area contributed by atoms with Gasteiger partial charge in [0.15, 0.2) is 5.78 Å². The minimum absolute atomic E-state index is 0.00193. The van der Waals surface area contributed by atoms with Gasteiger partial charge in [0.1, 0.15) is 5.82 Å². The number of amides is 1. The standard InChI is InChI=1S/C27H25N5O2/c1-17(32(23-9-10-23)26-11-8-22(15-29-26)18(2)33)21-12-13-31-25(14-21)24(16-30-31)19-4-6-20(7-5-19)27(34)28-3/h4-8,11-16,23H,1,9-10H2,2-3H3,(H,28,34). The first-order chi connectivity index (χ1) is 16.5. The van der Waals surface area contributed by atoms with Crippen molar-refractivity contribution in [2.45, 2.75) is 25.8 Å². The predicted octanol–water partition coefficient (Wildman–Crippen LogP) is 4.60. The molecule has 1 N–H and O–H groups in total. The van der Waals surface area contributed by atoms with Crippen LogP contribution in [-0.4, -0.2) is 39.4 Å². The normalized spacial score (nSPS) is 13.0. The van der Waals surface area contributed by atoms with Crippen LogP contribution in [-0.2, 0) is 0 Å². The summed E-state index contributed by atoms with van der Waals surface area (Å²) in [5, 5.41) is 7.14. The van der Waals surface area contributed by atoms with E-state index in [0.29, 0.717) is 17.2 Å². The number of Topliss-reactive ketones (excluding diaryl/α,β-unsaturated/α-hetero) is 1. The Hall–Kier alpha value is -4.26. The van der Waals surface area contributed by atoms with Gasteiger partial charge in [0.25, 0.3) is 5.91 Å². The third kappa shape index (κ3) is 3.96. The Bertz CT molecular complexity index is 1400. The average Bonchev–Trinajstić information content (AvgIpc) is 3.61. The van der Waals surface area contributed by atoms with Gasteiger partial charge in [0.2, 0.25) is 0 Å². The average molecular weight is 452 g/mol. The van der Waals surface area contributed by atoms with E-state index >= 15 is 0 Å². The van der Waals surface area contributed by atoms with E-state index in [9.17, 15) is 9.59 Å². The molecule has 3 heterocycles. The lowest BCUT2D eigenvalue weighted by Gasteiger charge is -2.26. The van der Waals surface area contributed by atoms with Crippen LogP contribution in [0.1, 0.15) is 46.0 Å². The number of hydrogen-bond acceptors (Lipinski definition) is 5. The molecule has 7 nitrogen and oxygen atoms in total. The predicted molar refractivity (Wildman–Crippen MR) is 133 cm³/mol. The maximum Gasteiger partial charge on any atom is 0.251 e. The van der Waals surface area contributed by atoms with Crippen LogP contribution in [0.5, 0.6) is 0 Å². The maximum absolute atomic E-state index is 11.9. The fourth-order valence-electron chi connectivity index (χ4n) is 4.08. The van der Waals surface area contributed by atoms with Crippen LogP contribution in [0, 0.1) is 0 Å². The number of benzene rings is 1. The fraction of sp³-hybridized carbons (Fsp3) is 0.185. The summed E-state index contributed by atoms with van der Waals surface area (Å²) in [6.07, 6.45) is 7.54. The van der Waals surface area contributed by atoms with E-state index in [1.165, 1.54) is 0 Å². The molecule has 1 aromatic carbocycles. The lowest BCUT2D eigenvalue weighted by molar-refractivity contribution is 0.0962. The van der Waals surface area contributed by atoms with Crippen LogP contribution >= 0.6 is 0 Å². The number of aromatic nitrogens is 3. The van der Waals surface area contributed by atoms with Crippen LogP contribution in [0.3, 0.4) is 0 Å². The van der Waals surface area contributed by atoms with E-state index in [1.54, 1.807) is 20.2 Å². The number of pyridine rings is 2. The number of rotatable bonds is 7. The quantitative estimate of drug-likeness (QED) is 0.416. The third-order valence-electron chi connectivity index (χ3n) is 6.14. The van der Waals surface area contributed by atoms with Gasteiger partial charge in [-0.2, -0.15) is 5.10 Å². The molecule has 0 atom stereocenters. The molecule has 0 unspecified atom stereocenters. The lowest BCUT2D eigenvalue weighted by atomic mass is 10.0. The molecule has 1 saturated carbocycles. The van der Waals surface area contributed by atoms with Crippen molar-refractivity contribution in [2.75, 3.05) is 11.9 Å². The van der Waals surface area contributed by atoms with Gasteiger partial charge >= 0.3 is 0 Å². The van der Waals surface area contributed by atoms with E-state index in [4.69, 9.17) is 0 Å². The largest absolute Gasteiger partial charge is 0.355 e. The first-order valence-electron chi connectivity index (χ1n) is 11.2. The molecule has 0 spiro atoms. The molecule has 0 saturated heterocycles. The summed E-state index contributed by atoms with van der Waals surface area (Å²) in [5.41, 5.74) is 5.93. The van der Waals surface area contributed by atoms with Crippen LogP contribution in [0.4, 0.5) is 5.82 Å². The molecular weight excluding hydrogens is 426 g/mol. The summed E-state index contributed by atoms with van der Waals surface area (Å²) in [6.45, 7) is 5.94. The van der Waals surface area contributed by atoms with Gasteiger partial charge in [-0.25, -0.2) is 9.50 Å². The van der Waals surface area contributed by atoms with Gasteiger partial charge in [-0.1, -0.05) is 18.7 Å². The molecule has 1 aliphatic carbocycles. The fourth-order valence-corrected chi connectivity index (χ4v) is 4.08. The third-order valence-corrected chi connectivity index (χ3v) is 6.14. The van der Waals surface area contributed by atoms with Gasteiger partial charge in [-0.15, -0.1) is 0 Å². The zero-order valence-electron chi connectivity index (χ0n) is 19.2. The van der Waals surface area contributed by atoms with Crippen molar-refractivity contribution in [3.05, 3.63) is 90.4 Å². The van der Waals surface area contributed by atoms with Crippen molar-refractivity contribution < 1.29 is 9.59 Å². The van der Waals surface area contributed by atoms with E-state index in [-0.39, 0.29) is 11.7 Å². The van der Waals surface area contributed by atoms with Gasteiger partial charge in [-0.3, -0.25) is 9.59 Å². The van der Waals surface area contributed by atoms with E-state index < -0.39 is 0 Å². The lowest BCUT2D eigenvalue weighted by Crippen LogP contribution is -2.24. The number of anilines is 1. The van der Waals surface area contributed by atoms with Crippen LogP contribution in [0.25, 0.3) is 22.3 Å². The summed E-state index contributed by atoms with van der Waals surface area (Å²) in [4.78, 5) is 30.2. The van der Waals surface area contributed by atoms with Crippen molar-refractivity contribution in [1.82, 2.24) is 19.9 Å². The molecule has 34 heavy (non-hydrogen) atoms. The summed E-state index contributed by atoms with van der Waals surface area (Å²) in [5.74, 6) is 0.670. The molecule has 3 aromatic heterocycles. The van der Waals surface area contributed by atoms with Crippen molar-refractivity contribution in [3.8, 4) is 11.1 Å². The summed E-state index contributed by atoms with van der Waals surface area (Å²) < 4.78 is 1.83. The second-order valence-electron chi connectivity index (χ2n) is 8.47. The van der Waals surface area contributed by atoms with Gasteiger partial charge in [0, 0.05) is 53.4 Å². The highest BCUT2D eigenvalue weighted by Gasteiger charge is 2.32. The molecule has 1 fully saturated rings. The van der Waals surface area contributed by atoms with Crippen LogP contribution in [0.15, 0.2) is 73.7 Å². The smallest absolute Gasteiger partial charge is 0.251 e. The number of fused-ring (bicyclic) bond motifs is 1. The van der Waals surface area contributed by atoms with Crippen molar-refractivity contribution in [3.63, 3.8) is 0 Å². The van der Waals surface area contributed by atoms with E-state index in [1.807, 2.05) is 59.4 Å². The highest BCUT2D eigenvalue weighted by Crippen LogP contribution is 2.37. The van der Waals surface area contributed by atoms with Crippen LogP contribution < -0.4 is 10.2 Å². The second-order valence-corrected chi connectivity index (χ2v) is 8.47. The SMILES string of the molecule is C=C(c1ccn2ncc(-c3ccc(C(=O)NC)cc3)c2c1)N(c1ccc(C(C)=O)cn1)C1CC1. The molecular formula is C27H25N5O2. The Kier molecular flexibility index (Phi) is 5.45. The summed E-state index contributed by atoms with van der Waals surface area (Å²) in [7, 11) is 1.62. The first kappa shape index (κ1) is 21.6. The summed E-state index contributed by atoms with van der Waals surface area (Å²) in [6, 6.07) is 15.6. The number of ketones is 1. The van der Waals surface area contributed by atoms with Gasteiger partial charge < -0.3 is 10.2 Å². The molecule has 0 bridgehead atoms. The van der Waals surface area contributed by atoms with Gasteiger partial charge in [-0.05, 0) is 61.7 Å². The Morgan fingerprint density at radius 2 is 1.76 bits per heavy atom. The Balaban J connectivity index is 1.49. The van der Waals surface area contributed by atoms with E-state index in [2.05, 4.69) is 32.9 Å². The second kappa shape index (κ2) is 8.59. The number of nitrogens with one attached hydrogen (secondary N) is 1. The molecule has 0 radical (unpaired) electrons.